The summed E-state index contributed by atoms with van der Waals surface area (Å²) >= 11 is 0. The minimum absolute atomic E-state index is 0.325. The normalized spacial score (nSPS) is 21.4. The maximum atomic E-state index is 5.51. The zero-order valence-corrected chi connectivity index (χ0v) is 13.2. The standard InChI is InChI=1S/C17H28N2O/c1-13(2)16-9-7-11-19(16)12-15(18-3)14-8-5-6-10-17(14)20-4/h5-6,8,10,13,15-16,18H,7,9,11-12H2,1-4H3. The van der Waals surface area contributed by atoms with E-state index in [4.69, 9.17) is 4.74 Å². The van der Waals surface area contributed by atoms with E-state index in [1.165, 1.54) is 24.9 Å². The number of rotatable bonds is 6. The van der Waals surface area contributed by atoms with Crippen LogP contribution in [0.15, 0.2) is 24.3 Å². The fraction of sp³-hybridized carbons (Fsp3) is 0.647. The quantitative estimate of drug-likeness (QED) is 0.864. The second kappa shape index (κ2) is 7.09. The Bertz CT molecular complexity index is 419. The van der Waals surface area contributed by atoms with Crippen LogP contribution in [-0.4, -0.2) is 38.2 Å². The second-order valence-corrected chi connectivity index (χ2v) is 6.03. The zero-order valence-electron chi connectivity index (χ0n) is 13.2. The summed E-state index contributed by atoms with van der Waals surface area (Å²) in [7, 11) is 3.79. The van der Waals surface area contributed by atoms with E-state index in [0.717, 1.165) is 24.3 Å². The summed E-state index contributed by atoms with van der Waals surface area (Å²) in [5.41, 5.74) is 1.26. The van der Waals surface area contributed by atoms with Crippen LogP contribution in [0.4, 0.5) is 0 Å². The topological polar surface area (TPSA) is 24.5 Å². The molecular weight excluding hydrogens is 248 g/mol. The van der Waals surface area contributed by atoms with Gasteiger partial charge in [0.15, 0.2) is 0 Å². The van der Waals surface area contributed by atoms with Gasteiger partial charge in [-0.2, -0.15) is 0 Å². The molecule has 1 N–H and O–H groups in total. The SMILES string of the molecule is CNC(CN1CCCC1C(C)C)c1ccccc1OC. The molecule has 1 heterocycles. The molecule has 0 spiro atoms. The van der Waals surface area contributed by atoms with Crippen LogP contribution in [0.3, 0.4) is 0 Å². The average molecular weight is 276 g/mol. The van der Waals surface area contributed by atoms with Crippen molar-refractivity contribution in [1.29, 1.82) is 0 Å². The molecular formula is C17H28N2O. The lowest BCUT2D eigenvalue weighted by Crippen LogP contribution is -2.39. The Morgan fingerprint density at radius 1 is 1.35 bits per heavy atom. The van der Waals surface area contributed by atoms with E-state index >= 15 is 0 Å². The third kappa shape index (κ3) is 3.33. The summed E-state index contributed by atoms with van der Waals surface area (Å²) in [6, 6.07) is 9.38. The number of benzene rings is 1. The van der Waals surface area contributed by atoms with E-state index in [0.29, 0.717) is 6.04 Å². The number of likely N-dealkylation sites (N-methyl/N-ethyl adjacent to an activating group) is 1. The monoisotopic (exact) mass is 276 g/mol. The van der Waals surface area contributed by atoms with Gasteiger partial charge in [0.05, 0.1) is 7.11 Å². The highest BCUT2D eigenvalue weighted by molar-refractivity contribution is 5.36. The molecule has 1 saturated heterocycles. The van der Waals surface area contributed by atoms with Crippen molar-refractivity contribution >= 4 is 0 Å². The Kier molecular flexibility index (Phi) is 5.44. The van der Waals surface area contributed by atoms with E-state index in [-0.39, 0.29) is 0 Å². The van der Waals surface area contributed by atoms with Crippen molar-refractivity contribution in [2.75, 3.05) is 27.2 Å². The van der Waals surface area contributed by atoms with E-state index in [1.54, 1.807) is 7.11 Å². The van der Waals surface area contributed by atoms with Gasteiger partial charge in [-0.3, -0.25) is 4.90 Å². The largest absolute Gasteiger partial charge is 0.496 e. The Hall–Kier alpha value is -1.06. The number of methoxy groups -OCH3 is 1. The third-order valence-corrected chi connectivity index (χ3v) is 4.46. The van der Waals surface area contributed by atoms with Crippen molar-refractivity contribution in [3.05, 3.63) is 29.8 Å². The van der Waals surface area contributed by atoms with Crippen molar-refractivity contribution in [3.8, 4) is 5.75 Å². The molecule has 0 saturated carbocycles. The molecule has 2 unspecified atom stereocenters. The molecule has 2 rings (SSSR count). The zero-order chi connectivity index (χ0) is 14.5. The highest BCUT2D eigenvalue weighted by Gasteiger charge is 2.29. The van der Waals surface area contributed by atoms with Crippen molar-refractivity contribution in [2.24, 2.45) is 5.92 Å². The van der Waals surface area contributed by atoms with Crippen LogP contribution in [0.5, 0.6) is 5.75 Å². The summed E-state index contributed by atoms with van der Waals surface area (Å²) in [4.78, 5) is 2.64. The first-order valence-electron chi connectivity index (χ1n) is 7.71. The predicted molar refractivity (Wildman–Crippen MR) is 84.2 cm³/mol. The van der Waals surface area contributed by atoms with Gasteiger partial charge in [0, 0.05) is 24.2 Å². The van der Waals surface area contributed by atoms with Crippen LogP contribution in [0.1, 0.15) is 38.3 Å². The molecule has 1 aliphatic rings. The summed E-state index contributed by atoms with van der Waals surface area (Å²) in [5.74, 6) is 1.71. The molecule has 0 amide bonds. The van der Waals surface area contributed by atoms with Crippen molar-refractivity contribution < 1.29 is 4.74 Å². The molecule has 0 radical (unpaired) electrons. The number of nitrogens with zero attached hydrogens (tertiary/aromatic N) is 1. The van der Waals surface area contributed by atoms with Gasteiger partial charge in [0.25, 0.3) is 0 Å². The minimum Gasteiger partial charge on any atom is -0.496 e. The van der Waals surface area contributed by atoms with Crippen molar-refractivity contribution in [1.82, 2.24) is 10.2 Å². The van der Waals surface area contributed by atoms with Gasteiger partial charge < -0.3 is 10.1 Å². The van der Waals surface area contributed by atoms with Gasteiger partial charge in [-0.25, -0.2) is 0 Å². The molecule has 1 aromatic rings. The van der Waals surface area contributed by atoms with Crippen LogP contribution in [0.25, 0.3) is 0 Å². The average Bonchev–Trinajstić information content (AvgIpc) is 2.93. The number of likely N-dealkylation sites (tertiary alicyclic amines) is 1. The first-order valence-corrected chi connectivity index (χ1v) is 7.71. The van der Waals surface area contributed by atoms with E-state index in [2.05, 4.69) is 36.2 Å². The number of para-hydroxylation sites is 1. The highest BCUT2D eigenvalue weighted by atomic mass is 16.5. The van der Waals surface area contributed by atoms with Gasteiger partial charge in [-0.05, 0) is 38.4 Å². The van der Waals surface area contributed by atoms with Gasteiger partial charge in [-0.1, -0.05) is 32.0 Å². The Labute approximate surface area is 123 Å². The first-order chi connectivity index (χ1) is 9.67. The molecule has 0 aromatic heterocycles. The molecule has 1 aromatic carbocycles. The summed E-state index contributed by atoms with van der Waals surface area (Å²) in [5, 5.41) is 3.46. The molecule has 3 heteroatoms. The van der Waals surface area contributed by atoms with Crippen molar-refractivity contribution in [3.63, 3.8) is 0 Å². The van der Waals surface area contributed by atoms with Crippen LogP contribution in [0, 0.1) is 5.92 Å². The van der Waals surface area contributed by atoms with Crippen molar-refractivity contribution in [2.45, 2.75) is 38.8 Å². The highest BCUT2D eigenvalue weighted by Crippen LogP contribution is 2.29. The van der Waals surface area contributed by atoms with Gasteiger partial charge in [-0.15, -0.1) is 0 Å². The van der Waals surface area contributed by atoms with E-state index < -0.39 is 0 Å². The lowest BCUT2D eigenvalue weighted by Gasteiger charge is -2.31. The molecule has 1 fully saturated rings. The summed E-state index contributed by atoms with van der Waals surface area (Å²) in [6.07, 6.45) is 2.66. The Morgan fingerprint density at radius 3 is 2.75 bits per heavy atom. The molecule has 20 heavy (non-hydrogen) atoms. The van der Waals surface area contributed by atoms with E-state index in [1.807, 2.05) is 19.2 Å². The maximum Gasteiger partial charge on any atom is 0.123 e. The maximum absolute atomic E-state index is 5.51. The molecule has 112 valence electrons. The lowest BCUT2D eigenvalue weighted by molar-refractivity contribution is 0.187. The molecule has 3 nitrogen and oxygen atoms in total. The van der Waals surface area contributed by atoms with Crippen LogP contribution >= 0.6 is 0 Å². The number of nitrogens with one attached hydrogen (secondary N) is 1. The first kappa shape index (κ1) is 15.3. The summed E-state index contributed by atoms with van der Waals surface area (Å²) in [6.45, 7) is 6.94. The lowest BCUT2D eigenvalue weighted by atomic mass is 10.00. The predicted octanol–water partition coefficient (Wildman–Crippen LogP) is 3.08. The summed E-state index contributed by atoms with van der Waals surface area (Å²) < 4.78 is 5.51. The van der Waals surface area contributed by atoms with Crippen LogP contribution in [0.2, 0.25) is 0 Å². The Morgan fingerprint density at radius 2 is 2.10 bits per heavy atom. The number of ether oxygens (including phenoxy) is 1. The van der Waals surface area contributed by atoms with Gasteiger partial charge in [0.2, 0.25) is 0 Å². The van der Waals surface area contributed by atoms with Crippen LogP contribution < -0.4 is 10.1 Å². The third-order valence-electron chi connectivity index (χ3n) is 4.46. The fourth-order valence-corrected chi connectivity index (χ4v) is 3.37. The number of hydrogen-bond donors (Lipinski definition) is 1. The number of hydrogen-bond acceptors (Lipinski definition) is 3. The van der Waals surface area contributed by atoms with Gasteiger partial charge >= 0.3 is 0 Å². The fourth-order valence-electron chi connectivity index (χ4n) is 3.37. The molecule has 1 aliphatic heterocycles. The Balaban J connectivity index is 2.12. The second-order valence-electron chi connectivity index (χ2n) is 6.03. The van der Waals surface area contributed by atoms with Gasteiger partial charge in [0.1, 0.15) is 5.75 Å². The van der Waals surface area contributed by atoms with Crippen LogP contribution in [-0.2, 0) is 0 Å². The molecule has 2 atom stereocenters. The molecule has 0 bridgehead atoms. The smallest absolute Gasteiger partial charge is 0.123 e. The minimum atomic E-state index is 0.325. The van der Waals surface area contributed by atoms with E-state index in [9.17, 15) is 0 Å². The molecule has 0 aliphatic carbocycles.